The van der Waals surface area contributed by atoms with E-state index in [1.54, 1.807) is 18.2 Å². The Bertz CT molecular complexity index is 787. The summed E-state index contributed by atoms with van der Waals surface area (Å²) in [5.41, 5.74) is 29.2. The molecule has 0 bridgehead atoms. The Morgan fingerprint density at radius 2 is 1.27 bits per heavy atom. The topological polar surface area (TPSA) is 195 Å². The first kappa shape index (κ1) is 24.2. The summed E-state index contributed by atoms with van der Waals surface area (Å²) in [6, 6.07) is 11.0. The molecule has 0 saturated carbocycles. The van der Waals surface area contributed by atoms with Crippen LogP contribution in [0.3, 0.4) is 0 Å². The second-order valence-electron chi connectivity index (χ2n) is 4.44. The highest BCUT2D eigenvalue weighted by Gasteiger charge is 1.96. The van der Waals surface area contributed by atoms with Crippen molar-refractivity contribution < 1.29 is 19.2 Å². The van der Waals surface area contributed by atoms with Crippen LogP contribution >= 0.6 is 0 Å². The fourth-order valence-electron chi connectivity index (χ4n) is 1.50. The van der Waals surface area contributed by atoms with Crippen molar-refractivity contribution in [3.8, 4) is 0 Å². The predicted octanol–water partition coefficient (Wildman–Crippen LogP) is 2.51. The Labute approximate surface area is 149 Å². The van der Waals surface area contributed by atoms with E-state index in [4.69, 9.17) is 41.9 Å². The number of carbonyl (C=O) groups excluding carboxylic acids is 4. The van der Waals surface area contributed by atoms with Gasteiger partial charge < -0.3 is 17.2 Å². The Morgan fingerprint density at radius 1 is 0.846 bits per heavy atom. The van der Waals surface area contributed by atoms with Crippen molar-refractivity contribution in [3.05, 3.63) is 58.0 Å². The van der Waals surface area contributed by atoms with Gasteiger partial charge in [0.05, 0.1) is 17.1 Å². The summed E-state index contributed by atoms with van der Waals surface area (Å²) in [7, 11) is 0. The van der Waals surface area contributed by atoms with Crippen LogP contribution in [-0.4, -0.2) is 12.3 Å². The van der Waals surface area contributed by atoms with E-state index in [1.807, 2.05) is 32.0 Å². The maximum absolute atomic E-state index is 8.14. The van der Waals surface area contributed by atoms with E-state index in [2.05, 4.69) is 10.0 Å². The number of para-hydroxylation sites is 2. The lowest BCUT2D eigenvalue weighted by atomic mass is 10.2. The number of anilines is 3. The first-order chi connectivity index (χ1) is 12.3. The Morgan fingerprint density at radius 3 is 1.65 bits per heavy atom. The van der Waals surface area contributed by atoms with Crippen molar-refractivity contribution in [1.82, 2.24) is 0 Å². The molecule has 0 aromatic heterocycles. The fraction of sp³-hybridized carbons (Fsp3) is 0.125. The van der Waals surface area contributed by atoms with Gasteiger partial charge in [-0.15, -0.1) is 0 Å². The van der Waals surface area contributed by atoms with Crippen LogP contribution in [0.2, 0.25) is 0 Å². The summed E-state index contributed by atoms with van der Waals surface area (Å²) in [6.45, 7) is 3.80. The molecule has 6 N–H and O–H groups in total. The van der Waals surface area contributed by atoms with E-state index < -0.39 is 0 Å². The zero-order chi connectivity index (χ0) is 20.5. The summed E-state index contributed by atoms with van der Waals surface area (Å²) in [5, 5.41) is 3.42. The summed E-state index contributed by atoms with van der Waals surface area (Å²) < 4.78 is 0. The first-order valence-electron chi connectivity index (χ1n) is 6.79. The highest BCUT2D eigenvalue weighted by atomic mass is 16.2. The van der Waals surface area contributed by atoms with Crippen LogP contribution in [-0.2, 0) is 19.2 Å². The number of aryl methyl sites for hydroxylation is 2. The molecule has 0 heterocycles. The zero-order valence-electron chi connectivity index (χ0n) is 14.2. The third-order valence-corrected chi connectivity index (χ3v) is 2.81. The van der Waals surface area contributed by atoms with Crippen molar-refractivity contribution in [1.29, 1.82) is 0 Å². The van der Waals surface area contributed by atoms with Gasteiger partial charge in [0.1, 0.15) is 0 Å². The first-order valence-corrected chi connectivity index (χ1v) is 6.79. The molecule has 0 unspecified atom stereocenters. The summed E-state index contributed by atoms with van der Waals surface area (Å²) in [6.07, 6.45) is 0.500. The molecule has 0 radical (unpaired) electrons. The number of nitrogen functional groups attached to an aromatic ring is 3. The maximum atomic E-state index is 8.14. The van der Waals surface area contributed by atoms with Crippen molar-refractivity contribution in [2.75, 3.05) is 17.2 Å². The van der Waals surface area contributed by atoms with E-state index >= 15 is 0 Å². The van der Waals surface area contributed by atoms with Gasteiger partial charge in [-0.2, -0.15) is 19.2 Å². The minimum Gasteiger partial charge on any atom is -0.398 e. The molecule has 0 atom stereocenters. The fourth-order valence-corrected chi connectivity index (χ4v) is 1.50. The average Bonchev–Trinajstić information content (AvgIpc) is 2.59. The Balaban J connectivity index is 0. The standard InChI is InChI=1S/C7H8N4.C7H10N2.2CO2/c1-5-3-2-4-6(7(5)8)10-11-9;1-5-3-2-4-6(8)7(5)9;2*2-1-3/h2-4H,8H2,1H3;2-4H,8-9H2,1H3;;. The molecular weight excluding hydrogens is 340 g/mol. The number of hydrogen-bond donors (Lipinski definition) is 3. The molecule has 0 saturated heterocycles. The molecule has 0 aliphatic heterocycles. The van der Waals surface area contributed by atoms with Gasteiger partial charge in [0, 0.05) is 10.6 Å². The number of hydrogen-bond acceptors (Lipinski definition) is 8. The van der Waals surface area contributed by atoms with Crippen LogP contribution in [0.1, 0.15) is 11.1 Å². The van der Waals surface area contributed by atoms with Crippen molar-refractivity contribution in [3.63, 3.8) is 0 Å². The van der Waals surface area contributed by atoms with E-state index in [9.17, 15) is 0 Å². The molecule has 2 aromatic rings. The quantitative estimate of drug-likeness (QED) is 0.301. The summed E-state index contributed by atoms with van der Waals surface area (Å²) >= 11 is 0. The number of benzene rings is 2. The minimum absolute atomic E-state index is 0.250. The molecule has 0 amide bonds. The van der Waals surface area contributed by atoms with Gasteiger partial charge in [0.2, 0.25) is 0 Å². The molecule has 0 fully saturated rings. The predicted molar refractivity (Wildman–Crippen MR) is 94.4 cm³/mol. The van der Waals surface area contributed by atoms with Crippen molar-refractivity contribution in [2.45, 2.75) is 13.8 Å². The van der Waals surface area contributed by atoms with Gasteiger partial charge in [-0.05, 0) is 36.6 Å². The van der Waals surface area contributed by atoms with Crippen LogP contribution < -0.4 is 17.2 Å². The van der Waals surface area contributed by atoms with Gasteiger partial charge in [0.15, 0.2) is 0 Å². The van der Waals surface area contributed by atoms with Gasteiger partial charge in [0.25, 0.3) is 0 Å². The second kappa shape index (κ2) is 14.5. The third kappa shape index (κ3) is 9.83. The van der Waals surface area contributed by atoms with E-state index in [-0.39, 0.29) is 12.3 Å². The van der Waals surface area contributed by atoms with Crippen molar-refractivity contribution in [2.24, 2.45) is 5.11 Å². The largest absolute Gasteiger partial charge is 0.398 e. The lowest BCUT2D eigenvalue weighted by Crippen LogP contribution is -1.95. The average molecular weight is 358 g/mol. The van der Waals surface area contributed by atoms with Crippen LogP contribution in [0.4, 0.5) is 22.7 Å². The summed E-state index contributed by atoms with van der Waals surface area (Å²) in [5.74, 6) is 0. The molecule has 10 heteroatoms. The van der Waals surface area contributed by atoms with Gasteiger partial charge in [-0.25, -0.2) is 0 Å². The molecular formula is C16H18N6O4. The normalized spacial score (nSPS) is 7.62. The highest BCUT2D eigenvalue weighted by Crippen LogP contribution is 2.24. The smallest absolute Gasteiger partial charge is 0.373 e. The molecule has 136 valence electrons. The van der Waals surface area contributed by atoms with E-state index in [1.165, 1.54) is 0 Å². The molecule has 0 aliphatic rings. The number of azide groups is 1. The van der Waals surface area contributed by atoms with Crippen LogP contribution in [0.25, 0.3) is 10.4 Å². The van der Waals surface area contributed by atoms with Gasteiger partial charge >= 0.3 is 12.3 Å². The number of nitrogens with two attached hydrogens (primary N) is 3. The number of nitrogens with zero attached hydrogens (tertiary/aromatic N) is 3. The van der Waals surface area contributed by atoms with Gasteiger partial charge in [-0.1, -0.05) is 35.4 Å². The van der Waals surface area contributed by atoms with Crippen molar-refractivity contribution >= 4 is 35.1 Å². The Hall–Kier alpha value is -4.09. The highest BCUT2D eigenvalue weighted by molar-refractivity contribution is 5.67. The molecule has 10 nitrogen and oxygen atoms in total. The molecule has 0 aliphatic carbocycles. The third-order valence-electron chi connectivity index (χ3n) is 2.81. The lowest BCUT2D eigenvalue weighted by Gasteiger charge is -2.00. The molecule has 2 aromatic carbocycles. The lowest BCUT2D eigenvalue weighted by molar-refractivity contribution is -0.193. The SMILES string of the molecule is Cc1cccc(N)c1N.Cc1cccc(N=[N+]=[N-])c1N.O=C=O.O=C=O. The zero-order valence-corrected chi connectivity index (χ0v) is 14.2. The van der Waals surface area contributed by atoms with E-state index in [0.29, 0.717) is 22.7 Å². The van der Waals surface area contributed by atoms with Gasteiger partial charge in [-0.3, -0.25) is 0 Å². The second-order valence-corrected chi connectivity index (χ2v) is 4.44. The van der Waals surface area contributed by atoms with Crippen LogP contribution in [0.15, 0.2) is 41.5 Å². The molecule has 26 heavy (non-hydrogen) atoms. The van der Waals surface area contributed by atoms with E-state index in [0.717, 1.165) is 11.1 Å². The Kier molecular flexibility index (Phi) is 13.5. The molecule has 0 spiro atoms. The van der Waals surface area contributed by atoms with Crippen LogP contribution in [0.5, 0.6) is 0 Å². The molecule has 2 rings (SSSR count). The van der Waals surface area contributed by atoms with Crippen LogP contribution in [0, 0.1) is 13.8 Å². The summed E-state index contributed by atoms with van der Waals surface area (Å²) in [4.78, 5) is 35.2. The number of rotatable bonds is 1. The monoisotopic (exact) mass is 358 g/mol. The minimum atomic E-state index is 0.250. The maximum Gasteiger partial charge on any atom is 0.373 e.